The lowest BCUT2D eigenvalue weighted by Crippen LogP contribution is -2.53. The number of hydrogen-bond acceptors (Lipinski definition) is 8. The number of aryl methyl sites for hydroxylation is 2. The van der Waals surface area contributed by atoms with Crippen molar-refractivity contribution in [2.24, 2.45) is 12.5 Å². The number of piperazine rings is 1. The molecule has 0 saturated carbocycles. The van der Waals surface area contributed by atoms with Gasteiger partial charge in [-0.2, -0.15) is 14.2 Å². The highest BCUT2D eigenvalue weighted by Gasteiger charge is 2.38. The van der Waals surface area contributed by atoms with Crippen LogP contribution in [0.2, 0.25) is 0 Å². The maximum atomic E-state index is 13.4. The molecule has 4 rings (SSSR count). The van der Waals surface area contributed by atoms with Crippen molar-refractivity contribution in [1.82, 2.24) is 24.2 Å². The zero-order valence-corrected chi connectivity index (χ0v) is 22.8. The second kappa shape index (κ2) is 10.9. The SMILES string of the molecule is Cc1cc(Nc2ccc(F)cc2)c(C=N)cc1[C@@H]1CN(S(=O)(=O)c2cnn(C)n2)CCN1CC(C)(C)CO. The fourth-order valence-corrected chi connectivity index (χ4v) is 6.02. The Balaban J connectivity index is 1.71. The first-order chi connectivity index (χ1) is 17.9. The molecule has 3 N–H and O–H groups in total. The van der Waals surface area contributed by atoms with Crippen LogP contribution in [-0.2, 0) is 17.1 Å². The summed E-state index contributed by atoms with van der Waals surface area (Å²) >= 11 is 0. The van der Waals surface area contributed by atoms with Gasteiger partial charge in [0.25, 0.3) is 10.0 Å². The topological polar surface area (TPSA) is 127 Å². The normalized spacial score (nSPS) is 17.5. The van der Waals surface area contributed by atoms with Gasteiger partial charge in [0.1, 0.15) is 5.82 Å². The first-order valence-corrected chi connectivity index (χ1v) is 13.8. The van der Waals surface area contributed by atoms with Crippen LogP contribution >= 0.6 is 0 Å². The van der Waals surface area contributed by atoms with Crippen molar-refractivity contribution in [1.29, 1.82) is 5.41 Å². The van der Waals surface area contributed by atoms with Gasteiger partial charge in [0.05, 0.1) is 6.20 Å². The summed E-state index contributed by atoms with van der Waals surface area (Å²) in [7, 11) is -2.29. The standard InChI is InChI=1S/C26H34FN7O3S/c1-18-11-23(30-21-7-5-20(27)6-8-21)19(13-28)12-22(18)24-15-34(10-9-33(24)16-26(2,3)17-35)38(36,37)25-14-29-32(4)31-25/h5-8,11-14,24,28,30,35H,9-10,15-17H2,1-4H3/t24-/m0/s1. The quantitative estimate of drug-likeness (QED) is 0.354. The predicted molar refractivity (Wildman–Crippen MR) is 144 cm³/mol. The summed E-state index contributed by atoms with van der Waals surface area (Å²) in [4.78, 5) is 3.42. The molecular weight excluding hydrogens is 509 g/mol. The molecule has 38 heavy (non-hydrogen) atoms. The summed E-state index contributed by atoms with van der Waals surface area (Å²) in [6.07, 6.45) is 2.49. The van der Waals surface area contributed by atoms with E-state index < -0.39 is 15.4 Å². The number of aliphatic hydroxyl groups is 1. The molecule has 204 valence electrons. The van der Waals surface area contributed by atoms with Crippen LogP contribution in [0.1, 0.15) is 36.6 Å². The van der Waals surface area contributed by atoms with Gasteiger partial charge in [0, 0.05) is 74.4 Å². The molecule has 10 nitrogen and oxygen atoms in total. The number of hydrogen-bond donors (Lipinski definition) is 3. The van der Waals surface area contributed by atoms with E-state index in [4.69, 9.17) is 5.41 Å². The number of aliphatic hydroxyl groups excluding tert-OH is 1. The van der Waals surface area contributed by atoms with Gasteiger partial charge in [-0.15, -0.1) is 5.10 Å². The summed E-state index contributed by atoms with van der Waals surface area (Å²) in [6.45, 7) is 7.36. The van der Waals surface area contributed by atoms with Crippen LogP contribution in [0.4, 0.5) is 15.8 Å². The molecule has 2 heterocycles. The highest BCUT2D eigenvalue weighted by molar-refractivity contribution is 7.89. The average molecular weight is 544 g/mol. The van der Waals surface area contributed by atoms with Crippen molar-refractivity contribution in [3.05, 3.63) is 65.1 Å². The molecule has 1 saturated heterocycles. The van der Waals surface area contributed by atoms with Gasteiger partial charge in [-0.05, 0) is 54.4 Å². The third kappa shape index (κ3) is 5.93. The number of nitrogens with one attached hydrogen (secondary N) is 2. The smallest absolute Gasteiger partial charge is 0.264 e. The van der Waals surface area contributed by atoms with Crippen LogP contribution in [0.5, 0.6) is 0 Å². The van der Waals surface area contributed by atoms with Crippen LogP contribution in [0.3, 0.4) is 0 Å². The van der Waals surface area contributed by atoms with E-state index in [0.717, 1.165) is 11.1 Å². The van der Waals surface area contributed by atoms with Crippen LogP contribution in [-0.4, -0.2) is 76.7 Å². The Morgan fingerprint density at radius 3 is 2.55 bits per heavy atom. The molecule has 1 atom stereocenters. The lowest BCUT2D eigenvalue weighted by atomic mass is 9.90. The molecule has 0 unspecified atom stereocenters. The Labute approximate surface area is 222 Å². The van der Waals surface area contributed by atoms with Crippen LogP contribution in [0.25, 0.3) is 0 Å². The third-order valence-corrected chi connectivity index (χ3v) is 8.50. The van der Waals surface area contributed by atoms with Gasteiger partial charge in [0.15, 0.2) is 0 Å². The first-order valence-electron chi connectivity index (χ1n) is 12.3. The van der Waals surface area contributed by atoms with Crippen molar-refractivity contribution in [2.75, 3.05) is 38.1 Å². The van der Waals surface area contributed by atoms with Crippen LogP contribution in [0.15, 0.2) is 47.6 Å². The number of nitrogens with zero attached hydrogens (tertiary/aromatic N) is 5. The fourth-order valence-electron chi connectivity index (χ4n) is 4.69. The molecular formula is C26H34FN7O3S. The Kier molecular flexibility index (Phi) is 7.98. The van der Waals surface area contributed by atoms with Crippen molar-refractivity contribution in [3.8, 4) is 0 Å². The zero-order valence-electron chi connectivity index (χ0n) is 22.0. The predicted octanol–water partition coefficient (Wildman–Crippen LogP) is 3.07. The van der Waals surface area contributed by atoms with Crippen LogP contribution in [0, 0.1) is 23.6 Å². The molecule has 0 bridgehead atoms. The van der Waals surface area contributed by atoms with E-state index >= 15 is 0 Å². The minimum atomic E-state index is -3.86. The molecule has 1 fully saturated rings. The molecule has 12 heteroatoms. The third-order valence-electron chi connectivity index (χ3n) is 6.77. The maximum absolute atomic E-state index is 13.4. The summed E-state index contributed by atoms with van der Waals surface area (Å²) in [5.41, 5.74) is 3.40. The highest BCUT2D eigenvalue weighted by atomic mass is 32.2. The Bertz CT molecular complexity index is 1410. The average Bonchev–Trinajstić information content (AvgIpc) is 3.33. The van der Waals surface area contributed by atoms with Gasteiger partial charge in [-0.1, -0.05) is 13.8 Å². The summed E-state index contributed by atoms with van der Waals surface area (Å²) in [5, 5.41) is 29.1. The molecule has 1 aliphatic rings. The van der Waals surface area contributed by atoms with E-state index in [1.165, 1.54) is 33.6 Å². The largest absolute Gasteiger partial charge is 0.396 e. The lowest BCUT2D eigenvalue weighted by molar-refractivity contribution is 0.0478. The number of benzene rings is 2. The van der Waals surface area contributed by atoms with Gasteiger partial charge in [-0.3, -0.25) is 4.90 Å². The molecule has 2 aromatic carbocycles. The maximum Gasteiger partial charge on any atom is 0.264 e. The summed E-state index contributed by atoms with van der Waals surface area (Å²) in [5.74, 6) is -0.335. The molecule has 0 spiro atoms. The minimum Gasteiger partial charge on any atom is -0.396 e. The first kappa shape index (κ1) is 27.8. The zero-order chi connectivity index (χ0) is 27.7. The molecule has 1 aromatic heterocycles. The van der Waals surface area contributed by atoms with Crippen molar-refractivity contribution < 1.29 is 17.9 Å². The molecule has 3 aromatic rings. The summed E-state index contributed by atoms with van der Waals surface area (Å²) < 4.78 is 41.6. The minimum absolute atomic E-state index is 0.0108. The van der Waals surface area contributed by atoms with Gasteiger partial charge >= 0.3 is 0 Å². The monoisotopic (exact) mass is 543 g/mol. The number of halogens is 1. The molecule has 1 aliphatic heterocycles. The van der Waals surface area contributed by atoms with Crippen molar-refractivity contribution in [3.63, 3.8) is 0 Å². The number of anilines is 2. The van der Waals surface area contributed by atoms with Gasteiger partial charge < -0.3 is 15.8 Å². The van der Waals surface area contributed by atoms with E-state index in [-0.39, 0.29) is 36.6 Å². The van der Waals surface area contributed by atoms with E-state index in [0.29, 0.717) is 30.0 Å². The second-order valence-corrected chi connectivity index (χ2v) is 12.3. The van der Waals surface area contributed by atoms with E-state index in [1.54, 1.807) is 19.2 Å². The molecule has 0 aliphatic carbocycles. The Morgan fingerprint density at radius 2 is 1.95 bits per heavy atom. The Morgan fingerprint density at radius 1 is 1.24 bits per heavy atom. The number of sulfonamides is 1. The highest BCUT2D eigenvalue weighted by Crippen LogP contribution is 2.35. The Hall–Kier alpha value is -3.19. The van der Waals surface area contributed by atoms with E-state index in [9.17, 15) is 17.9 Å². The van der Waals surface area contributed by atoms with Crippen molar-refractivity contribution in [2.45, 2.75) is 31.8 Å². The van der Waals surface area contributed by atoms with Gasteiger partial charge in [-0.25, -0.2) is 12.8 Å². The lowest BCUT2D eigenvalue weighted by Gasteiger charge is -2.44. The van der Waals surface area contributed by atoms with Crippen LogP contribution < -0.4 is 5.32 Å². The number of aromatic nitrogens is 3. The number of rotatable bonds is 9. The van der Waals surface area contributed by atoms with Crippen molar-refractivity contribution >= 4 is 27.6 Å². The summed E-state index contributed by atoms with van der Waals surface area (Å²) in [6, 6.07) is 9.48. The fraction of sp³-hybridized carbons (Fsp3) is 0.423. The molecule has 0 amide bonds. The van der Waals surface area contributed by atoms with E-state index in [2.05, 4.69) is 20.4 Å². The van der Waals surface area contributed by atoms with Gasteiger partial charge in [0.2, 0.25) is 5.03 Å². The second-order valence-electron chi connectivity index (χ2n) is 10.4. The van der Waals surface area contributed by atoms with E-state index in [1.807, 2.05) is 32.9 Å². The molecule has 0 radical (unpaired) electrons.